The average Bonchev–Trinajstić information content (AvgIpc) is 2.67. The van der Waals surface area contributed by atoms with Gasteiger partial charge in [-0.05, 0) is 37.3 Å². The van der Waals surface area contributed by atoms with E-state index >= 15 is 0 Å². The van der Waals surface area contributed by atoms with Crippen LogP contribution in [0.25, 0.3) is 0 Å². The molecule has 2 saturated carbocycles. The minimum absolute atomic E-state index is 0.212. The molecule has 16 heavy (non-hydrogen) atoms. The lowest BCUT2D eigenvalue weighted by Gasteiger charge is -2.25. The Morgan fingerprint density at radius 3 is 2.19 bits per heavy atom. The van der Waals surface area contributed by atoms with E-state index in [1.807, 2.05) is 0 Å². The lowest BCUT2D eigenvalue weighted by molar-refractivity contribution is 0.462. The molecular weight excluding hydrogens is 234 g/mol. The Labute approximate surface area is 92.2 Å². The van der Waals surface area contributed by atoms with Crippen LogP contribution in [0.15, 0.2) is 23.1 Å². The van der Waals surface area contributed by atoms with Gasteiger partial charge in [0.15, 0.2) is 9.84 Å². The number of halogens is 2. The molecule has 0 amide bonds. The zero-order chi connectivity index (χ0) is 11.6. The fourth-order valence-electron chi connectivity index (χ4n) is 2.61. The van der Waals surface area contributed by atoms with Crippen molar-refractivity contribution >= 4 is 9.84 Å². The predicted octanol–water partition coefficient (Wildman–Crippen LogP) is 2.29. The first-order valence-corrected chi connectivity index (χ1v) is 6.65. The molecule has 1 aromatic carbocycles. The molecule has 3 rings (SSSR count). The highest BCUT2D eigenvalue weighted by atomic mass is 32.2. The molecule has 2 aliphatic rings. The zero-order valence-corrected chi connectivity index (χ0v) is 9.23. The first-order chi connectivity index (χ1) is 7.46. The first kappa shape index (κ1) is 10.2. The van der Waals surface area contributed by atoms with Crippen molar-refractivity contribution in [2.45, 2.75) is 28.9 Å². The molecule has 0 saturated heterocycles. The van der Waals surface area contributed by atoms with Crippen molar-refractivity contribution in [3.05, 3.63) is 29.8 Å². The van der Waals surface area contributed by atoms with Crippen LogP contribution in [-0.4, -0.2) is 13.2 Å². The number of hydrogen-bond acceptors (Lipinski definition) is 2. The topological polar surface area (TPSA) is 34.1 Å². The molecule has 0 spiro atoms. The van der Waals surface area contributed by atoms with Crippen LogP contribution in [0.4, 0.5) is 8.78 Å². The Bertz CT molecular complexity index is 543. The van der Waals surface area contributed by atoms with Crippen LogP contribution in [0.2, 0.25) is 0 Å². The third-order valence-corrected chi connectivity index (χ3v) is 6.40. The third-order valence-electron chi connectivity index (χ3n) is 3.77. The van der Waals surface area contributed by atoms with Crippen molar-refractivity contribution in [3.8, 4) is 0 Å². The van der Waals surface area contributed by atoms with E-state index in [1.165, 1.54) is 0 Å². The quantitative estimate of drug-likeness (QED) is 0.800. The third kappa shape index (κ3) is 1.12. The van der Waals surface area contributed by atoms with Gasteiger partial charge in [-0.25, -0.2) is 17.2 Å². The molecule has 0 bridgehead atoms. The first-order valence-electron chi connectivity index (χ1n) is 5.16. The summed E-state index contributed by atoms with van der Waals surface area (Å²) < 4.78 is 49.6. The van der Waals surface area contributed by atoms with Crippen LogP contribution in [-0.2, 0) is 9.84 Å². The molecule has 1 aromatic rings. The van der Waals surface area contributed by atoms with Gasteiger partial charge in [-0.15, -0.1) is 0 Å². The second kappa shape index (κ2) is 2.83. The van der Waals surface area contributed by atoms with Crippen LogP contribution >= 0.6 is 0 Å². The summed E-state index contributed by atoms with van der Waals surface area (Å²) in [5, 5.41) is 0. The molecule has 0 radical (unpaired) electrons. The van der Waals surface area contributed by atoms with E-state index in [-0.39, 0.29) is 10.8 Å². The molecule has 2 atom stereocenters. The monoisotopic (exact) mass is 244 g/mol. The molecule has 2 nitrogen and oxygen atoms in total. The van der Waals surface area contributed by atoms with Gasteiger partial charge in [0.05, 0.1) is 9.64 Å². The molecular formula is C11H10F2O2S. The Hall–Kier alpha value is -0.970. The molecule has 2 aliphatic carbocycles. The van der Waals surface area contributed by atoms with Gasteiger partial charge in [0.25, 0.3) is 0 Å². The van der Waals surface area contributed by atoms with Gasteiger partial charge in [0, 0.05) is 6.07 Å². The Kier molecular flexibility index (Phi) is 1.80. The van der Waals surface area contributed by atoms with E-state index in [0.29, 0.717) is 18.9 Å². The van der Waals surface area contributed by atoms with E-state index in [4.69, 9.17) is 0 Å². The summed E-state index contributed by atoms with van der Waals surface area (Å²) in [5.41, 5.74) is 0. The summed E-state index contributed by atoms with van der Waals surface area (Å²) in [6.45, 7) is 0. The highest BCUT2D eigenvalue weighted by molar-refractivity contribution is 7.93. The van der Waals surface area contributed by atoms with Crippen molar-refractivity contribution in [2.24, 2.45) is 5.92 Å². The highest BCUT2D eigenvalue weighted by Gasteiger charge is 2.69. The van der Waals surface area contributed by atoms with Crippen molar-refractivity contribution < 1.29 is 17.2 Å². The zero-order valence-electron chi connectivity index (χ0n) is 8.41. The van der Waals surface area contributed by atoms with E-state index in [2.05, 4.69) is 0 Å². The van der Waals surface area contributed by atoms with Crippen molar-refractivity contribution in [1.82, 2.24) is 0 Å². The van der Waals surface area contributed by atoms with Crippen molar-refractivity contribution in [3.63, 3.8) is 0 Å². The van der Waals surface area contributed by atoms with E-state index in [9.17, 15) is 17.2 Å². The Balaban J connectivity index is 2.10. The van der Waals surface area contributed by atoms with Gasteiger partial charge in [0.1, 0.15) is 11.6 Å². The minimum atomic E-state index is -3.55. The fraction of sp³-hybridized carbons (Fsp3) is 0.455. The molecule has 0 N–H and O–H groups in total. The standard InChI is InChI=1S/C11H10F2O2S/c12-8-3-9(13)5-10(4-8)16(14,15)11-2-1-7(11)6-11/h3-5,7H,1-2,6H2/t7-,11+/m0/s1. The molecule has 5 heteroatoms. The van der Waals surface area contributed by atoms with Crippen molar-refractivity contribution in [1.29, 1.82) is 0 Å². The second-order valence-electron chi connectivity index (χ2n) is 4.61. The smallest absolute Gasteiger partial charge is 0.184 e. The fourth-order valence-corrected chi connectivity index (χ4v) is 4.98. The van der Waals surface area contributed by atoms with Gasteiger partial charge in [-0.1, -0.05) is 0 Å². The summed E-state index contributed by atoms with van der Waals surface area (Å²) in [7, 11) is -3.55. The molecule has 2 fully saturated rings. The predicted molar refractivity (Wildman–Crippen MR) is 53.6 cm³/mol. The van der Waals surface area contributed by atoms with Gasteiger partial charge in [0.2, 0.25) is 0 Å². The summed E-state index contributed by atoms with van der Waals surface area (Å²) in [5.74, 6) is -1.47. The molecule has 0 aromatic heterocycles. The largest absolute Gasteiger partial charge is 0.223 e. The minimum Gasteiger partial charge on any atom is -0.223 e. The van der Waals surface area contributed by atoms with Crippen LogP contribution < -0.4 is 0 Å². The second-order valence-corrected chi connectivity index (χ2v) is 6.90. The maximum atomic E-state index is 13.0. The van der Waals surface area contributed by atoms with Crippen LogP contribution in [0.3, 0.4) is 0 Å². The Morgan fingerprint density at radius 2 is 1.81 bits per heavy atom. The van der Waals surface area contributed by atoms with E-state index in [1.54, 1.807) is 0 Å². The van der Waals surface area contributed by atoms with Gasteiger partial charge < -0.3 is 0 Å². The lowest BCUT2D eigenvalue weighted by atomic mass is 10.00. The lowest BCUT2D eigenvalue weighted by Crippen LogP contribution is -2.32. The van der Waals surface area contributed by atoms with Gasteiger partial charge in [-0.3, -0.25) is 0 Å². The van der Waals surface area contributed by atoms with Crippen LogP contribution in [0.1, 0.15) is 19.3 Å². The Morgan fingerprint density at radius 1 is 1.19 bits per heavy atom. The molecule has 86 valence electrons. The molecule has 0 heterocycles. The summed E-state index contributed by atoms with van der Waals surface area (Å²) in [4.78, 5) is -0.216. The number of rotatable bonds is 2. The highest BCUT2D eigenvalue weighted by Crippen LogP contribution is 2.66. The normalized spacial score (nSPS) is 31.8. The molecule has 0 aliphatic heterocycles. The summed E-state index contributed by atoms with van der Waals surface area (Å²) in [6.07, 6.45) is 2.18. The maximum absolute atomic E-state index is 13.0. The van der Waals surface area contributed by atoms with Gasteiger partial charge >= 0.3 is 0 Å². The number of benzene rings is 1. The maximum Gasteiger partial charge on any atom is 0.184 e. The SMILES string of the molecule is O=S(=O)(c1cc(F)cc(F)c1)[C@@]12CC[C@H]1C2. The average molecular weight is 244 g/mol. The van der Waals surface area contributed by atoms with E-state index < -0.39 is 26.2 Å². The number of fused-ring (bicyclic) bond motifs is 1. The van der Waals surface area contributed by atoms with Crippen LogP contribution in [0, 0.1) is 17.6 Å². The summed E-state index contributed by atoms with van der Waals surface area (Å²) in [6, 6.07) is 2.49. The number of sulfone groups is 1. The number of hydrogen-bond donors (Lipinski definition) is 0. The van der Waals surface area contributed by atoms with Crippen LogP contribution in [0.5, 0.6) is 0 Å². The van der Waals surface area contributed by atoms with E-state index in [0.717, 1.165) is 18.6 Å². The van der Waals surface area contributed by atoms with Crippen molar-refractivity contribution in [2.75, 3.05) is 0 Å². The summed E-state index contributed by atoms with van der Waals surface area (Å²) >= 11 is 0. The molecule has 0 unspecified atom stereocenters. The van der Waals surface area contributed by atoms with Gasteiger partial charge in [-0.2, -0.15) is 0 Å².